The Balaban J connectivity index is 1.79. The summed E-state index contributed by atoms with van der Waals surface area (Å²) in [4.78, 5) is 29.6. The molecule has 0 fully saturated rings. The van der Waals surface area contributed by atoms with E-state index in [1.54, 1.807) is 36.4 Å². The first-order valence-corrected chi connectivity index (χ1v) is 17.0. The first kappa shape index (κ1) is 33.7. The molecule has 0 saturated carbocycles. The molecule has 0 bridgehead atoms. The van der Waals surface area contributed by atoms with Crippen LogP contribution in [0.1, 0.15) is 30.5 Å². The van der Waals surface area contributed by atoms with Crippen molar-refractivity contribution in [2.45, 2.75) is 44.7 Å². The molecule has 0 aliphatic carbocycles. The number of benzene rings is 4. The highest BCUT2D eigenvalue weighted by molar-refractivity contribution is 9.10. The number of sulfonamides is 1. The minimum Gasteiger partial charge on any atom is -0.494 e. The molecule has 0 aliphatic heterocycles. The Kier molecular flexibility index (Phi) is 11.8. The molecule has 0 aliphatic rings. The number of rotatable bonds is 14. The number of hydrogen-bond donors (Lipinski definition) is 1. The van der Waals surface area contributed by atoms with Crippen molar-refractivity contribution in [3.8, 4) is 5.75 Å². The molecule has 236 valence electrons. The average molecular weight is 693 g/mol. The molecule has 45 heavy (non-hydrogen) atoms. The Hall–Kier alpha value is -4.15. The molecular formula is C35H38BrN3O5S. The maximum Gasteiger partial charge on any atom is 0.264 e. The molecule has 4 aromatic carbocycles. The van der Waals surface area contributed by atoms with E-state index in [-0.39, 0.29) is 23.8 Å². The minimum atomic E-state index is -4.18. The maximum atomic E-state index is 14.4. The van der Waals surface area contributed by atoms with E-state index < -0.39 is 28.5 Å². The van der Waals surface area contributed by atoms with E-state index in [1.807, 2.05) is 75.4 Å². The van der Waals surface area contributed by atoms with Gasteiger partial charge in [-0.15, -0.1) is 0 Å². The summed E-state index contributed by atoms with van der Waals surface area (Å²) in [5, 5.41) is 2.87. The average Bonchev–Trinajstić information content (AvgIpc) is 3.03. The van der Waals surface area contributed by atoms with Crippen LogP contribution in [0.4, 0.5) is 5.69 Å². The number of ether oxygens (including phenoxy) is 1. The lowest BCUT2D eigenvalue weighted by Gasteiger charge is -2.34. The van der Waals surface area contributed by atoms with Gasteiger partial charge in [0.2, 0.25) is 11.8 Å². The normalized spacial score (nSPS) is 11.8. The maximum absolute atomic E-state index is 14.4. The summed E-state index contributed by atoms with van der Waals surface area (Å²) in [7, 11) is -4.18. The number of halogens is 1. The van der Waals surface area contributed by atoms with Crippen LogP contribution in [-0.4, -0.2) is 50.9 Å². The topological polar surface area (TPSA) is 96.0 Å². The molecule has 0 saturated heterocycles. The molecule has 0 unspecified atom stereocenters. The summed E-state index contributed by atoms with van der Waals surface area (Å²) in [6, 6.07) is 29.1. The second-order valence-electron chi connectivity index (χ2n) is 10.5. The summed E-state index contributed by atoms with van der Waals surface area (Å²) >= 11 is 3.45. The fourth-order valence-corrected chi connectivity index (χ4v) is 6.55. The van der Waals surface area contributed by atoms with Gasteiger partial charge in [-0.25, -0.2) is 8.42 Å². The van der Waals surface area contributed by atoms with Crippen molar-refractivity contribution in [1.29, 1.82) is 0 Å². The summed E-state index contributed by atoms with van der Waals surface area (Å²) in [5.41, 5.74) is 2.87. The molecule has 0 radical (unpaired) electrons. The second-order valence-corrected chi connectivity index (χ2v) is 13.3. The standard InChI is InChI=1S/C35H38BrN3O5S/c1-4-37-35(41)33(23-27-9-7-6-8-10-27)38(24-28-13-15-29(36)16-14-28)34(40)25-39(30-17-19-31(20-18-30)44-5-2)45(42,43)32-21-11-26(3)12-22-32/h6-22,33H,4-5,23-25H2,1-3H3,(H,37,41)/t33-/m0/s1. The van der Waals surface area contributed by atoms with Crippen molar-refractivity contribution in [2.24, 2.45) is 0 Å². The highest BCUT2D eigenvalue weighted by atomic mass is 79.9. The van der Waals surface area contributed by atoms with Gasteiger partial charge in [0, 0.05) is 24.0 Å². The Morgan fingerprint density at radius 2 is 1.49 bits per heavy atom. The number of aryl methyl sites for hydroxylation is 1. The van der Waals surface area contributed by atoms with E-state index in [0.717, 1.165) is 25.5 Å². The van der Waals surface area contributed by atoms with Crippen LogP contribution in [0.2, 0.25) is 0 Å². The molecule has 1 N–H and O–H groups in total. The van der Waals surface area contributed by atoms with Crippen molar-refractivity contribution < 1.29 is 22.7 Å². The largest absolute Gasteiger partial charge is 0.494 e. The number of amides is 2. The fourth-order valence-electron chi connectivity index (χ4n) is 4.87. The van der Waals surface area contributed by atoms with Gasteiger partial charge in [-0.1, -0.05) is 76.1 Å². The number of likely N-dealkylation sites (N-methyl/N-ethyl adjacent to an activating group) is 1. The Morgan fingerprint density at radius 3 is 2.09 bits per heavy atom. The van der Waals surface area contributed by atoms with Crippen molar-refractivity contribution in [3.05, 3.63) is 124 Å². The number of nitrogens with one attached hydrogen (secondary N) is 1. The summed E-state index contributed by atoms with van der Waals surface area (Å²) < 4.78 is 35.8. The summed E-state index contributed by atoms with van der Waals surface area (Å²) in [5.74, 6) is -0.258. The zero-order valence-corrected chi connectivity index (χ0v) is 28.1. The van der Waals surface area contributed by atoms with Gasteiger partial charge in [-0.3, -0.25) is 13.9 Å². The molecule has 2 amide bonds. The highest BCUT2D eigenvalue weighted by Gasteiger charge is 2.34. The highest BCUT2D eigenvalue weighted by Crippen LogP contribution is 2.27. The zero-order valence-electron chi connectivity index (χ0n) is 25.6. The SMILES string of the molecule is CCNC(=O)[C@H](Cc1ccccc1)N(Cc1ccc(Br)cc1)C(=O)CN(c1ccc(OCC)cc1)S(=O)(=O)c1ccc(C)cc1. The lowest BCUT2D eigenvalue weighted by molar-refractivity contribution is -0.140. The second kappa shape index (κ2) is 15.7. The van der Waals surface area contributed by atoms with Crippen LogP contribution in [0, 0.1) is 6.92 Å². The van der Waals surface area contributed by atoms with E-state index in [0.29, 0.717) is 24.6 Å². The van der Waals surface area contributed by atoms with Crippen LogP contribution < -0.4 is 14.4 Å². The van der Waals surface area contributed by atoms with Crippen LogP contribution >= 0.6 is 15.9 Å². The molecule has 4 aromatic rings. The van der Waals surface area contributed by atoms with Crippen LogP contribution in [-0.2, 0) is 32.6 Å². The lowest BCUT2D eigenvalue weighted by Crippen LogP contribution is -2.53. The summed E-state index contributed by atoms with van der Waals surface area (Å²) in [6.45, 7) is 5.97. The molecule has 8 nitrogen and oxygen atoms in total. The van der Waals surface area contributed by atoms with Gasteiger partial charge in [0.25, 0.3) is 10.0 Å². The van der Waals surface area contributed by atoms with Gasteiger partial charge in [-0.05, 0) is 80.4 Å². The van der Waals surface area contributed by atoms with Crippen molar-refractivity contribution in [1.82, 2.24) is 10.2 Å². The minimum absolute atomic E-state index is 0.0544. The molecule has 4 rings (SSSR count). The van der Waals surface area contributed by atoms with Crippen LogP contribution in [0.5, 0.6) is 5.75 Å². The number of carbonyl (C=O) groups excluding carboxylic acids is 2. The molecule has 0 spiro atoms. The number of anilines is 1. The molecule has 10 heteroatoms. The fraction of sp³-hybridized carbons (Fsp3) is 0.257. The molecule has 0 aromatic heterocycles. The van der Waals surface area contributed by atoms with E-state index in [9.17, 15) is 18.0 Å². The molecule has 1 atom stereocenters. The molecule has 0 heterocycles. The monoisotopic (exact) mass is 691 g/mol. The van der Waals surface area contributed by atoms with Crippen LogP contribution in [0.3, 0.4) is 0 Å². The number of carbonyl (C=O) groups is 2. The Bertz CT molecular complexity index is 1660. The quantitative estimate of drug-likeness (QED) is 0.172. The smallest absolute Gasteiger partial charge is 0.264 e. The third-order valence-corrected chi connectivity index (χ3v) is 9.53. The van der Waals surface area contributed by atoms with Crippen molar-refractivity contribution in [2.75, 3.05) is 24.0 Å². The van der Waals surface area contributed by atoms with Gasteiger partial charge in [0.05, 0.1) is 17.2 Å². The third-order valence-electron chi connectivity index (χ3n) is 7.21. The van der Waals surface area contributed by atoms with E-state index in [4.69, 9.17) is 4.74 Å². The van der Waals surface area contributed by atoms with Gasteiger partial charge in [-0.2, -0.15) is 0 Å². The lowest BCUT2D eigenvalue weighted by atomic mass is 10.0. The number of nitrogens with zero attached hydrogens (tertiary/aromatic N) is 2. The van der Waals surface area contributed by atoms with Gasteiger partial charge in [0.1, 0.15) is 18.3 Å². The first-order valence-electron chi connectivity index (χ1n) is 14.8. The molecular weight excluding hydrogens is 654 g/mol. The van der Waals surface area contributed by atoms with Gasteiger partial charge < -0.3 is 15.0 Å². The number of hydrogen-bond acceptors (Lipinski definition) is 5. The van der Waals surface area contributed by atoms with E-state index in [1.165, 1.54) is 17.0 Å². The van der Waals surface area contributed by atoms with E-state index >= 15 is 0 Å². The summed E-state index contributed by atoms with van der Waals surface area (Å²) in [6.07, 6.45) is 0.253. The van der Waals surface area contributed by atoms with Crippen molar-refractivity contribution >= 4 is 43.5 Å². The van der Waals surface area contributed by atoms with Crippen LogP contribution in [0.15, 0.2) is 112 Å². The Morgan fingerprint density at radius 1 is 0.844 bits per heavy atom. The van der Waals surface area contributed by atoms with Crippen LogP contribution in [0.25, 0.3) is 0 Å². The van der Waals surface area contributed by atoms with Gasteiger partial charge in [0.15, 0.2) is 0 Å². The predicted octanol–water partition coefficient (Wildman–Crippen LogP) is 6.13. The zero-order chi connectivity index (χ0) is 32.4. The first-order chi connectivity index (χ1) is 21.6. The third kappa shape index (κ3) is 8.95. The van der Waals surface area contributed by atoms with E-state index in [2.05, 4.69) is 21.2 Å². The van der Waals surface area contributed by atoms with Gasteiger partial charge >= 0.3 is 0 Å². The van der Waals surface area contributed by atoms with Crippen molar-refractivity contribution in [3.63, 3.8) is 0 Å². The predicted molar refractivity (Wildman–Crippen MR) is 181 cm³/mol. The Labute approximate surface area is 274 Å².